The van der Waals surface area contributed by atoms with Crippen LogP contribution in [-0.2, 0) is 55.9 Å². The van der Waals surface area contributed by atoms with Crippen molar-refractivity contribution in [3.8, 4) is 17.5 Å². The number of nitrogens with one attached hydrogen (secondary N) is 2. The number of aliphatic hydroxyl groups is 1. The van der Waals surface area contributed by atoms with Gasteiger partial charge in [0.05, 0.1) is 30.2 Å². The molecule has 1 saturated heterocycles. The molecular weight excluding hydrogens is 1030 g/mol. The summed E-state index contributed by atoms with van der Waals surface area (Å²) in [5.74, 6) is -2.74. The Morgan fingerprint density at radius 3 is 2.45 bits per heavy atom. The summed E-state index contributed by atoms with van der Waals surface area (Å²) in [7, 11) is 5.84. The molecule has 422 valence electrons. The Bertz CT molecular complexity index is 2460. The molecule has 21 nitrogen and oxygen atoms in total. The van der Waals surface area contributed by atoms with Crippen molar-refractivity contribution in [2.24, 2.45) is 17.6 Å². The minimum Gasteiger partial charge on any atom is -0.495 e. The number of benzene rings is 1. The molecule has 23 heteroatoms. The average Bonchev–Trinajstić information content (AvgIpc) is 3.63. The van der Waals surface area contributed by atoms with Crippen molar-refractivity contribution in [2.45, 2.75) is 165 Å². The standard InChI is InChI=1S/C53H77ClN6O15S/c1-30-13-12-15-41(72-9)53(70)28-39(73-51(69)57-53)32(3)75-52(4,5)42(27-44(62)59(7)37-24-34(23-30)25-38(71-8)46(37)54)74-50(68)31(2)58(6)43(61)20-22-76-40-26-45(63)60(48(40)65)29-33-16-18-35(19-17-33)47(64)56-21-11-10-14-36(55)49(66)67/h12-13,15,24-26,31-33,35-36,39,41-42,63,65,70H,10-11,14,16-23,27-29,55H2,1-9H3,(H,56,64)(H,57,69)(H,66,67). The van der Waals surface area contributed by atoms with Crippen LogP contribution in [0.5, 0.6) is 17.5 Å². The van der Waals surface area contributed by atoms with Crippen molar-refractivity contribution < 1.29 is 72.9 Å². The molecule has 1 saturated carbocycles. The molecule has 1 aliphatic carbocycles. The number of fused-ring (bicyclic) bond motifs is 4. The van der Waals surface area contributed by atoms with E-state index >= 15 is 0 Å². The van der Waals surface area contributed by atoms with Gasteiger partial charge in [-0.2, -0.15) is 0 Å². The molecule has 3 aliphatic rings. The van der Waals surface area contributed by atoms with E-state index in [1.54, 1.807) is 45.1 Å². The Morgan fingerprint density at radius 2 is 1.79 bits per heavy atom. The zero-order valence-corrected chi connectivity index (χ0v) is 46.5. The number of aromatic hydroxyl groups is 2. The second-order valence-corrected chi connectivity index (χ2v) is 22.1. The maximum Gasteiger partial charge on any atom is 0.409 e. The number of halogens is 1. The van der Waals surface area contributed by atoms with Gasteiger partial charge in [0.2, 0.25) is 23.6 Å². The van der Waals surface area contributed by atoms with Crippen LogP contribution in [0.2, 0.25) is 5.02 Å². The lowest BCUT2D eigenvalue weighted by Gasteiger charge is -2.44. The summed E-state index contributed by atoms with van der Waals surface area (Å²) in [5, 5.41) is 48.3. The summed E-state index contributed by atoms with van der Waals surface area (Å²) < 4.78 is 30.9. The second kappa shape index (κ2) is 27.2. The van der Waals surface area contributed by atoms with E-state index in [2.05, 4.69) is 10.6 Å². The fourth-order valence-electron chi connectivity index (χ4n) is 9.61. The van der Waals surface area contributed by atoms with E-state index < -0.39 is 84.1 Å². The van der Waals surface area contributed by atoms with Gasteiger partial charge in [-0.15, -0.1) is 11.8 Å². The fraction of sp³-hybridized carbons (Fsp3) is 0.623. The first kappa shape index (κ1) is 61.3. The van der Waals surface area contributed by atoms with Gasteiger partial charge in [-0.1, -0.05) is 35.4 Å². The Hall–Kier alpha value is -5.52. The number of amides is 4. The largest absolute Gasteiger partial charge is 0.495 e. The highest BCUT2D eigenvalue weighted by Gasteiger charge is 2.49. The first-order chi connectivity index (χ1) is 35.8. The van der Waals surface area contributed by atoms with E-state index in [9.17, 15) is 44.1 Å². The highest BCUT2D eigenvalue weighted by Crippen LogP contribution is 2.40. The molecule has 1 aromatic heterocycles. The molecule has 8 N–H and O–H groups in total. The average molecular weight is 1110 g/mol. The van der Waals surface area contributed by atoms with E-state index in [4.69, 9.17) is 46.1 Å². The third kappa shape index (κ3) is 16.0. The van der Waals surface area contributed by atoms with Crippen LogP contribution in [-0.4, -0.2) is 154 Å². The Morgan fingerprint density at radius 1 is 1.09 bits per heavy atom. The van der Waals surface area contributed by atoms with E-state index in [1.807, 2.05) is 13.0 Å². The smallest absolute Gasteiger partial charge is 0.409 e. The van der Waals surface area contributed by atoms with E-state index in [1.165, 1.54) is 55.7 Å². The van der Waals surface area contributed by atoms with Crippen LogP contribution in [0.25, 0.3) is 0 Å². The van der Waals surface area contributed by atoms with Crippen LogP contribution in [0.15, 0.2) is 46.9 Å². The summed E-state index contributed by atoms with van der Waals surface area (Å²) in [4.78, 5) is 81.7. The number of hydrogen-bond acceptors (Lipinski definition) is 16. The number of methoxy groups -OCH3 is 2. The number of anilines is 1. The molecule has 2 aliphatic heterocycles. The summed E-state index contributed by atoms with van der Waals surface area (Å²) in [6, 6.07) is 2.88. The van der Waals surface area contributed by atoms with Crippen LogP contribution in [0.3, 0.4) is 0 Å². The number of hydrogen-bond donors (Lipinski definition) is 7. The lowest BCUT2D eigenvalue weighted by atomic mass is 9.81. The molecule has 3 heterocycles. The Labute approximate surface area is 453 Å². The molecule has 2 aromatic rings. The van der Waals surface area contributed by atoms with Crippen molar-refractivity contribution in [3.63, 3.8) is 0 Å². The number of rotatable bonds is 18. The molecule has 7 atom stereocenters. The molecular formula is C53H77ClN6O15S. The number of aliphatic carboxylic acids is 1. The zero-order valence-electron chi connectivity index (χ0n) is 45.0. The molecule has 7 unspecified atom stereocenters. The van der Waals surface area contributed by atoms with Gasteiger partial charge < -0.3 is 65.0 Å². The summed E-state index contributed by atoms with van der Waals surface area (Å²) >= 11 is 7.97. The number of esters is 1. The van der Waals surface area contributed by atoms with Crippen molar-refractivity contribution in [2.75, 3.05) is 45.5 Å². The molecule has 1 aromatic carbocycles. The van der Waals surface area contributed by atoms with Gasteiger partial charge >= 0.3 is 18.0 Å². The van der Waals surface area contributed by atoms with E-state index in [0.717, 1.165) is 22.9 Å². The third-order valence-electron chi connectivity index (χ3n) is 14.5. The number of thioether (sulfide) groups is 1. The van der Waals surface area contributed by atoms with Gasteiger partial charge in [0.1, 0.15) is 46.8 Å². The molecule has 4 bridgehead atoms. The molecule has 2 fully saturated rings. The van der Waals surface area contributed by atoms with Gasteiger partial charge in [-0.25, -0.2) is 9.59 Å². The van der Waals surface area contributed by atoms with Gasteiger partial charge in [-0.3, -0.25) is 29.1 Å². The number of unbranched alkanes of at least 4 members (excludes halogenated alkanes) is 1. The lowest BCUT2D eigenvalue weighted by molar-refractivity contribution is -0.203. The SMILES string of the molecule is COc1cc2cc(c1Cl)N(C)C(=O)CC(OC(=O)C(C)N(C)C(=O)CCSc1cc(O)n(CC3CCC(C(=O)NCCCCC(N)C(=O)O)CC3)c1O)C(C)(C)OC(C)C1CC(O)(NC(=O)O1)C(OC)C=CC=C(C)C2. The fourth-order valence-corrected chi connectivity index (χ4v) is 10.8. The highest BCUT2D eigenvalue weighted by molar-refractivity contribution is 7.99. The van der Waals surface area contributed by atoms with Crippen LogP contribution in [0.1, 0.15) is 104 Å². The monoisotopic (exact) mass is 1100 g/mol. The van der Waals surface area contributed by atoms with Crippen molar-refractivity contribution in [3.05, 3.63) is 52.6 Å². The number of ether oxygens (including phenoxy) is 5. The van der Waals surface area contributed by atoms with Crippen molar-refractivity contribution in [1.82, 2.24) is 20.1 Å². The third-order valence-corrected chi connectivity index (χ3v) is 15.9. The van der Waals surface area contributed by atoms with Gasteiger partial charge in [0.15, 0.2) is 11.6 Å². The first-order valence-electron chi connectivity index (χ1n) is 25.6. The number of likely N-dealkylation sites (N-methyl/N-ethyl adjacent to an activating group) is 1. The summed E-state index contributed by atoms with van der Waals surface area (Å²) in [5.41, 5.74) is 4.12. The van der Waals surface area contributed by atoms with Crippen LogP contribution < -0.4 is 26.0 Å². The Kier molecular flexibility index (Phi) is 21.9. The highest BCUT2D eigenvalue weighted by atomic mass is 35.5. The minimum absolute atomic E-state index is 0.0453. The number of allylic oxidation sites excluding steroid dienone is 3. The van der Waals surface area contributed by atoms with Gasteiger partial charge in [0.25, 0.3) is 0 Å². The molecule has 0 spiro atoms. The van der Waals surface area contributed by atoms with Gasteiger partial charge in [0, 0.05) is 64.9 Å². The molecule has 0 radical (unpaired) electrons. The van der Waals surface area contributed by atoms with Crippen molar-refractivity contribution >= 4 is 64.8 Å². The first-order valence-corrected chi connectivity index (χ1v) is 27.0. The topological polar surface area (TPSA) is 291 Å². The summed E-state index contributed by atoms with van der Waals surface area (Å²) in [6.07, 6.45) is 3.92. The minimum atomic E-state index is -1.92. The molecule has 5 rings (SSSR count). The van der Waals surface area contributed by atoms with Crippen molar-refractivity contribution in [1.29, 1.82) is 0 Å². The molecule has 76 heavy (non-hydrogen) atoms. The maximum atomic E-state index is 14.4. The van der Waals surface area contributed by atoms with Crippen LogP contribution in [0.4, 0.5) is 10.5 Å². The molecule has 4 amide bonds. The number of alkyl carbamates (subject to hydrolysis) is 1. The number of nitrogens with zero attached hydrogens (tertiary/aromatic N) is 3. The van der Waals surface area contributed by atoms with E-state index in [-0.39, 0.29) is 53.1 Å². The van der Waals surface area contributed by atoms with Crippen LogP contribution in [0, 0.1) is 11.8 Å². The number of nitrogens with two attached hydrogens (primary N) is 1. The van der Waals surface area contributed by atoms with Crippen LogP contribution >= 0.6 is 23.4 Å². The number of carboxylic acids is 1. The number of carbonyl (C=O) groups excluding carboxylic acids is 5. The van der Waals surface area contributed by atoms with E-state index in [0.29, 0.717) is 80.8 Å². The lowest BCUT2D eigenvalue weighted by Crippen LogP contribution is -2.64. The number of carboxylic acid groups (broad SMARTS) is 1. The number of carbonyl (C=O) groups is 6. The maximum absolute atomic E-state index is 14.4. The second-order valence-electron chi connectivity index (χ2n) is 20.6. The predicted octanol–water partition coefficient (Wildman–Crippen LogP) is 5.80. The normalized spacial score (nSPS) is 25.1. The van der Waals surface area contributed by atoms with Gasteiger partial charge in [-0.05, 0) is 110 Å². The summed E-state index contributed by atoms with van der Waals surface area (Å²) in [6.45, 7) is 8.99. The predicted molar refractivity (Wildman–Crippen MR) is 284 cm³/mol. The number of aromatic nitrogens is 1. The quantitative estimate of drug-likeness (QED) is 0.0527. The Balaban J connectivity index is 1.24. The zero-order chi connectivity index (χ0) is 56.2.